The number of hydrogen-bond acceptors (Lipinski definition) is 5. The highest BCUT2D eigenvalue weighted by atomic mass is 16.5. The Kier molecular flexibility index (Phi) is 56.0. The first-order valence-corrected chi connectivity index (χ1v) is 30.3. The highest BCUT2D eigenvalue weighted by molar-refractivity contribution is 5.76. The number of esters is 1. The van der Waals surface area contributed by atoms with E-state index < -0.39 is 12.1 Å². The molecule has 6 heteroatoms. The lowest BCUT2D eigenvalue weighted by Gasteiger charge is -2.20. The van der Waals surface area contributed by atoms with Crippen molar-refractivity contribution in [3.05, 3.63) is 36.5 Å². The second-order valence-electron chi connectivity index (χ2n) is 20.7. The summed E-state index contributed by atoms with van der Waals surface area (Å²) in [6, 6.07) is -0.624. The molecule has 0 rings (SSSR count). The molecule has 68 heavy (non-hydrogen) atoms. The lowest BCUT2D eigenvalue weighted by atomic mass is 10.0. The molecule has 1 amide bonds. The van der Waals surface area contributed by atoms with E-state index in [0.29, 0.717) is 19.4 Å². The van der Waals surface area contributed by atoms with Gasteiger partial charge in [0, 0.05) is 12.8 Å². The number of unbranched alkanes of at least 4 members (excludes halogenated alkanes) is 41. The average molecular weight is 957 g/mol. The normalized spacial score (nSPS) is 12.8. The fourth-order valence-electron chi connectivity index (χ4n) is 9.25. The Morgan fingerprint density at radius 2 is 0.735 bits per heavy atom. The van der Waals surface area contributed by atoms with Crippen LogP contribution in [-0.4, -0.2) is 47.4 Å². The maximum atomic E-state index is 12.4. The third-order valence-electron chi connectivity index (χ3n) is 13.9. The zero-order valence-corrected chi connectivity index (χ0v) is 45.6. The Hall–Kier alpha value is -1.92. The molecule has 0 spiro atoms. The number of aliphatic hydroxyl groups excluding tert-OH is 2. The van der Waals surface area contributed by atoms with Crippen LogP contribution in [0.25, 0.3) is 0 Å². The third-order valence-corrected chi connectivity index (χ3v) is 13.9. The molecule has 0 heterocycles. The summed E-state index contributed by atoms with van der Waals surface area (Å²) in [5, 5.41) is 23.0. The van der Waals surface area contributed by atoms with Gasteiger partial charge < -0.3 is 20.3 Å². The van der Waals surface area contributed by atoms with Crippen LogP contribution in [0.4, 0.5) is 0 Å². The van der Waals surface area contributed by atoms with Crippen LogP contribution in [0, 0.1) is 0 Å². The minimum Gasteiger partial charge on any atom is -0.466 e. The molecule has 0 bridgehead atoms. The molecule has 0 radical (unpaired) electrons. The summed E-state index contributed by atoms with van der Waals surface area (Å²) in [5.74, 6) is -0.0648. The van der Waals surface area contributed by atoms with Crippen LogP contribution < -0.4 is 5.32 Å². The smallest absolute Gasteiger partial charge is 0.305 e. The largest absolute Gasteiger partial charge is 0.466 e. The number of nitrogens with one attached hydrogen (secondary N) is 1. The Morgan fingerprint density at radius 1 is 0.412 bits per heavy atom. The number of rotatable bonds is 56. The Labute approximate surface area is 424 Å². The van der Waals surface area contributed by atoms with Gasteiger partial charge in [-0.05, 0) is 64.2 Å². The average Bonchev–Trinajstić information content (AvgIpc) is 3.34. The highest BCUT2D eigenvalue weighted by Gasteiger charge is 2.18. The molecule has 6 nitrogen and oxygen atoms in total. The number of ether oxygens (including phenoxy) is 1. The first-order chi connectivity index (χ1) is 33.5. The minimum atomic E-state index is -0.841. The van der Waals surface area contributed by atoms with Gasteiger partial charge in [0.05, 0.1) is 25.4 Å². The zero-order valence-electron chi connectivity index (χ0n) is 45.6. The van der Waals surface area contributed by atoms with Gasteiger partial charge >= 0.3 is 5.97 Å². The molecule has 0 aromatic rings. The molecule has 2 unspecified atom stereocenters. The van der Waals surface area contributed by atoms with Crippen molar-refractivity contribution in [1.82, 2.24) is 5.32 Å². The summed E-state index contributed by atoms with van der Waals surface area (Å²) in [5.41, 5.74) is 0. The molecule has 0 aliphatic rings. The van der Waals surface area contributed by atoms with E-state index >= 15 is 0 Å². The number of allylic oxidation sites excluding steroid dienone is 5. The monoisotopic (exact) mass is 956 g/mol. The van der Waals surface area contributed by atoms with Crippen molar-refractivity contribution in [3.8, 4) is 0 Å². The van der Waals surface area contributed by atoms with Crippen molar-refractivity contribution in [2.75, 3.05) is 13.2 Å². The SMILES string of the molecule is CCCCC/C=C\C/C=C\CCCCCCCC(=O)OCCCCCCCCCCCCCCCCCCCCCCCCCCCCC(=O)NC(CO)C(O)/C=C/CCCCCCCCCC. The number of hydrogen-bond donors (Lipinski definition) is 3. The molecule has 0 aliphatic heterocycles. The van der Waals surface area contributed by atoms with E-state index in [-0.39, 0.29) is 18.5 Å². The van der Waals surface area contributed by atoms with Crippen LogP contribution in [0.1, 0.15) is 322 Å². The molecule has 3 N–H and O–H groups in total. The molecule has 0 aromatic carbocycles. The molecular weight excluding hydrogens is 839 g/mol. The van der Waals surface area contributed by atoms with E-state index in [2.05, 4.69) is 43.5 Å². The molecule has 0 fully saturated rings. The van der Waals surface area contributed by atoms with Crippen molar-refractivity contribution in [3.63, 3.8) is 0 Å². The second kappa shape index (κ2) is 57.7. The summed E-state index contributed by atoms with van der Waals surface area (Å²) in [6.07, 6.45) is 71.9. The molecule has 0 saturated carbocycles. The number of carbonyl (C=O) groups excluding carboxylic acids is 2. The van der Waals surface area contributed by atoms with Gasteiger partial charge in [-0.3, -0.25) is 9.59 Å². The van der Waals surface area contributed by atoms with Crippen molar-refractivity contribution in [2.24, 2.45) is 0 Å². The number of amides is 1. The maximum Gasteiger partial charge on any atom is 0.305 e. The Balaban J connectivity index is 3.35. The Bertz CT molecular complexity index is 1100. The van der Waals surface area contributed by atoms with Crippen LogP contribution in [-0.2, 0) is 14.3 Å². The van der Waals surface area contributed by atoms with E-state index in [9.17, 15) is 19.8 Å². The summed E-state index contributed by atoms with van der Waals surface area (Å²) < 4.78 is 5.48. The molecule has 0 aliphatic carbocycles. The molecular formula is C62H117NO5. The molecule has 0 aromatic heterocycles. The number of aliphatic hydroxyl groups is 2. The lowest BCUT2D eigenvalue weighted by Crippen LogP contribution is -2.45. The van der Waals surface area contributed by atoms with Gasteiger partial charge in [0.1, 0.15) is 0 Å². The van der Waals surface area contributed by atoms with Crippen molar-refractivity contribution >= 4 is 11.9 Å². The van der Waals surface area contributed by atoms with Gasteiger partial charge in [-0.1, -0.05) is 281 Å². The van der Waals surface area contributed by atoms with Crippen molar-refractivity contribution in [1.29, 1.82) is 0 Å². The summed E-state index contributed by atoms with van der Waals surface area (Å²) in [4.78, 5) is 24.5. The topological polar surface area (TPSA) is 95.9 Å². The molecule has 400 valence electrons. The molecule has 2 atom stereocenters. The Morgan fingerprint density at radius 3 is 1.15 bits per heavy atom. The van der Waals surface area contributed by atoms with Crippen molar-refractivity contribution < 1.29 is 24.5 Å². The molecule has 0 saturated heterocycles. The summed E-state index contributed by atoms with van der Waals surface area (Å²) in [6.45, 7) is 4.86. The first-order valence-electron chi connectivity index (χ1n) is 30.3. The number of carbonyl (C=O) groups is 2. The van der Waals surface area contributed by atoms with E-state index in [1.807, 2.05) is 6.08 Å². The van der Waals surface area contributed by atoms with Crippen LogP contribution in [0.5, 0.6) is 0 Å². The van der Waals surface area contributed by atoms with Gasteiger partial charge in [0.25, 0.3) is 0 Å². The van der Waals surface area contributed by atoms with Crippen LogP contribution >= 0.6 is 0 Å². The quantitative estimate of drug-likeness (QED) is 0.0321. The minimum absolute atomic E-state index is 0.00255. The maximum absolute atomic E-state index is 12.4. The van der Waals surface area contributed by atoms with Gasteiger partial charge in [0.2, 0.25) is 5.91 Å². The van der Waals surface area contributed by atoms with E-state index in [4.69, 9.17) is 4.74 Å². The fraction of sp³-hybridized carbons (Fsp3) is 0.871. The van der Waals surface area contributed by atoms with Gasteiger partial charge in [-0.15, -0.1) is 0 Å². The van der Waals surface area contributed by atoms with E-state index in [1.54, 1.807) is 6.08 Å². The predicted octanol–water partition coefficient (Wildman–Crippen LogP) is 18.8. The predicted molar refractivity (Wildman–Crippen MR) is 296 cm³/mol. The first kappa shape index (κ1) is 66.1. The van der Waals surface area contributed by atoms with Crippen LogP contribution in [0.3, 0.4) is 0 Å². The van der Waals surface area contributed by atoms with Gasteiger partial charge in [-0.25, -0.2) is 0 Å². The van der Waals surface area contributed by atoms with Gasteiger partial charge in [-0.2, -0.15) is 0 Å². The van der Waals surface area contributed by atoms with Gasteiger partial charge in [0.15, 0.2) is 0 Å². The van der Waals surface area contributed by atoms with E-state index in [0.717, 1.165) is 51.4 Å². The second-order valence-corrected chi connectivity index (χ2v) is 20.7. The fourth-order valence-corrected chi connectivity index (χ4v) is 9.25. The van der Waals surface area contributed by atoms with E-state index in [1.165, 1.54) is 244 Å². The third kappa shape index (κ3) is 53.4. The van der Waals surface area contributed by atoms with Crippen molar-refractivity contribution in [2.45, 2.75) is 334 Å². The highest BCUT2D eigenvalue weighted by Crippen LogP contribution is 2.17. The van der Waals surface area contributed by atoms with Crippen LogP contribution in [0.15, 0.2) is 36.5 Å². The van der Waals surface area contributed by atoms with Crippen LogP contribution in [0.2, 0.25) is 0 Å². The standard InChI is InChI=1S/C62H117NO5/c1-3-5-7-9-11-13-15-16-29-33-36-40-44-48-52-56-62(67)68-57-53-49-45-41-37-34-31-28-26-24-22-20-18-17-19-21-23-25-27-30-32-35-39-43-47-51-55-61(66)63-59(58-64)60(65)54-50-46-42-38-14-12-10-8-6-4-2/h11,13,16,29,50,54,59-60,64-65H,3-10,12,14-15,17-28,30-49,51-53,55-58H2,1-2H3,(H,63,66)/b13-11-,29-16-,54-50+. The summed E-state index contributed by atoms with van der Waals surface area (Å²) >= 11 is 0. The zero-order chi connectivity index (χ0) is 49.3. The lowest BCUT2D eigenvalue weighted by molar-refractivity contribution is -0.143. The summed E-state index contributed by atoms with van der Waals surface area (Å²) in [7, 11) is 0.